The van der Waals surface area contributed by atoms with E-state index < -0.39 is 0 Å². The zero-order chi connectivity index (χ0) is 29.4. The van der Waals surface area contributed by atoms with Gasteiger partial charge in [-0.2, -0.15) is 8.75 Å². The Labute approximate surface area is 271 Å². The Morgan fingerprint density at radius 1 is 0.465 bits per heavy atom. The first-order valence-electron chi connectivity index (χ1n) is 14.5. The van der Waals surface area contributed by atoms with Crippen LogP contribution in [0, 0.1) is 13.8 Å². The van der Waals surface area contributed by atoms with Gasteiger partial charge in [0, 0.05) is 61.0 Å². The summed E-state index contributed by atoms with van der Waals surface area (Å²) in [5, 5.41) is 0. The summed E-state index contributed by atoms with van der Waals surface area (Å²) in [5.41, 5.74) is 13.2. The summed E-state index contributed by atoms with van der Waals surface area (Å²) in [4.78, 5) is 10.8. The number of rotatable bonds is 3. The topological polar surface area (TPSA) is 25.8 Å². The van der Waals surface area contributed by atoms with Crippen molar-refractivity contribution in [2.24, 2.45) is 0 Å². The number of benzene rings is 2. The summed E-state index contributed by atoms with van der Waals surface area (Å²) in [5.74, 6) is 0. The van der Waals surface area contributed by atoms with E-state index in [1.54, 1.807) is 0 Å². The average molecular weight is 649 g/mol. The third-order valence-electron chi connectivity index (χ3n) is 9.46. The van der Waals surface area contributed by atoms with Crippen LogP contribution in [0.25, 0.3) is 62.6 Å². The average Bonchev–Trinajstić information content (AvgIpc) is 3.81. The Morgan fingerprint density at radius 3 is 1.65 bits per heavy atom. The normalized spacial score (nSPS) is 15.6. The maximum absolute atomic E-state index is 4.76. The van der Waals surface area contributed by atoms with Crippen molar-refractivity contribution in [2.45, 2.75) is 52.4 Å². The second-order valence-electron chi connectivity index (χ2n) is 12.8. The molecule has 5 aromatic heterocycles. The van der Waals surface area contributed by atoms with Crippen molar-refractivity contribution in [1.82, 2.24) is 8.75 Å². The van der Waals surface area contributed by atoms with Gasteiger partial charge < -0.3 is 0 Å². The van der Waals surface area contributed by atoms with Gasteiger partial charge in [0.15, 0.2) is 0 Å². The lowest BCUT2D eigenvalue weighted by molar-refractivity contribution is 0.653. The van der Waals surface area contributed by atoms with Crippen LogP contribution in [0.3, 0.4) is 0 Å². The summed E-state index contributed by atoms with van der Waals surface area (Å²) in [6, 6.07) is 23.3. The summed E-state index contributed by atoms with van der Waals surface area (Å²) in [7, 11) is 0. The van der Waals surface area contributed by atoms with Crippen molar-refractivity contribution >= 4 is 68.1 Å². The molecule has 5 heterocycles. The molecule has 9 rings (SSSR count). The lowest BCUT2D eigenvalue weighted by atomic mass is 9.79. The van der Waals surface area contributed by atoms with E-state index in [9.17, 15) is 0 Å². The largest absolute Gasteiger partial charge is 0.172 e. The summed E-state index contributed by atoms with van der Waals surface area (Å²) >= 11 is 8.90. The molecule has 2 aromatic carbocycles. The third-order valence-corrected chi connectivity index (χ3v) is 14.6. The van der Waals surface area contributed by atoms with Crippen molar-refractivity contribution in [3.05, 3.63) is 92.7 Å². The van der Waals surface area contributed by atoms with Crippen LogP contribution in [-0.2, 0) is 10.8 Å². The van der Waals surface area contributed by atoms with E-state index in [0.717, 1.165) is 11.0 Å². The standard InChI is InChI=1S/C36H28N2S5/c1-17-7-10-27(39-17)19-8-9-20(32-31(19)37-43-38-32)28-11-12-29(41-28)30-16-26-34(42-30)22-15-23-21(14-24(22)36(26,5)6)33-25(35(23,3)4)13-18(2)40-33/h7-16H,1-6H3. The molecule has 0 saturated heterocycles. The number of nitrogens with zero attached hydrogens (tertiary/aromatic N) is 2. The Morgan fingerprint density at radius 2 is 1.02 bits per heavy atom. The van der Waals surface area contributed by atoms with Crippen molar-refractivity contribution in [2.75, 3.05) is 0 Å². The molecular formula is C36H28N2S5. The Hall–Kier alpha value is -2.94. The number of hydrogen-bond donors (Lipinski definition) is 0. The molecule has 2 nitrogen and oxygen atoms in total. The van der Waals surface area contributed by atoms with Crippen molar-refractivity contribution in [3.8, 4) is 51.5 Å². The van der Waals surface area contributed by atoms with E-state index in [2.05, 4.69) is 102 Å². The van der Waals surface area contributed by atoms with Crippen LogP contribution in [0.5, 0.6) is 0 Å². The summed E-state index contributed by atoms with van der Waals surface area (Å²) < 4.78 is 9.48. The van der Waals surface area contributed by atoms with Crippen LogP contribution in [0.1, 0.15) is 59.7 Å². The maximum atomic E-state index is 4.76. The quantitative estimate of drug-likeness (QED) is 0.190. The Bertz CT molecular complexity index is 2280. The second-order valence-corrected chi connectivity index (χ2v) is 18.1. The maximum Gasteiger partial charge on any atom is 0.114 e. The number of aryl methyl sites for hydroxylation is 2. The molecule has 0 aliphatic heterocycles. The van der Waals surface area contributed by atoms with Gasteiger partial charge in [-0.25, -0.2) is 0 Å². The van der Waals surface area contributed by atoms with Crippen molar-refractivity contribution < 1.29 is 0 Å². The molecule has 0 N–H and O–H groups in total. The van der Waals surface area contributed by atoms with Gasteiger partial charge in [0.25, 0.3) is 0 Å². The van der Waals surface area contributed by atoms with Crippen LogP contribution in [-0.4, -0.2) is 8.75 Å². The van der Waals surface area contributed by atoms with Gasteiger partial charge in [-0.3, -0.25) is 0 Å². The van der Waals surface area contributed by atoms with E-state index in [1.807, 2.05) is 45.3 Å². The van der Waals surface area contributed by atoms with Gasteiger partial charge in [0.05, 0.1) is 11.7 Å². The molecule has 2 aliphatic carbocycles. The van der Waals surface area contributed by atoms with Gasteiger partial charge in [-0.1, -0.05) is 39.8 Å². The highest BCUT2D eigenvalue weighted by Crippen LogP contribution is 2.60. The molecule has 212 valence electrons. The molecule has 0 bridgehead atoms. The van der Waals surface area contributed by atoms with Crippen molar-refractivity contribution in [3.63, 3.8) is 0 Å². The van der Waals surface area contributed by atoms with Gasteiger partial charge in [-0.15, -0.1) is 45.3 Å². The zero-order valence-corrected chi connectivity index (χ0v) is 28.8. The Balaban J connectivity index is 1.12. The van der Waals surface area contributed by atoms with Crippen LogP contribution < -0.4 is 0 Å². The minimum Gasteiger partial charge on any atom is -0.172 e. The van der Waals surface area contributed by atoms with Crippen LogP contribution >= 0.6 is 57.1 Å². The van der Waals surface area contributed by atoms with Crippen LogP contribution in [0.2, 0.25) is 0 Å². The molecule has 0 spiro atoms. The molecule has 0 saturated carbocycles. The lowest BCUT2D eigenvalue weighted by Crippen LogP contribution is -2.16. The minimum absolute atomic E-state index is 0.0257. The highest BCUT2D eigenvalue weighted by Gasteiger charge is 2.43. The zero-order valence-electron chi connectivity index (χ0n) is 24.7. The number of aromatic nitrogens is 2. The van der Waals surface area contributed by atoms with E-state index in [1.165, 1.54) is 95.3 Å². The molecular weight excluding hydrogens is 621 g/mol. The molecule has 0 atom stereocenters. The number of fused-ring (bicyclic) bond motifs is 7. The molecule has 7 aromatic rings. The predicted octanol–water partition coefficient (Wildman–Crippen LogP) is 12.2. The summed E-state index contributed by atoms with van der Waals surface area (Å²) in [6.07, 6.45) is 0. The molecule has 0 radical (unpaired) electrons. The fraction of sp³-hybridized carbons (Fsp3) is 0.222. The van der Waals surface area contributed by atoms with E-state index in [0.29, 0.717) is 0 Å². The van der Waals surface area contributed by atoms with Gasteiger partial charge in [-0.05, 0) is 95.8 Å². The van der Waals surface area contributed by atoms with Gasteiger partial charge >= 0.3 is 0 Å². The molecule has 43 heavy (non-hydrogen) atoms. The SMILES string of the molecule is Cc1ccc(-c2ccc(-c3ccc(-c4cc5c(s4)-c4cc6c(cc4C5(C)C)-c4sc(C)cc4C6(C)C)s3)c3nsnc23)s1. The number of hydrogen-bond acceptors (Lipinski definition) is 7. The lowest BCUT2D eigenvalue weighted by Gasteiger charge is -2.24. The molecule has 7 heteroatoms. The smallest absolute Gasteiger partial charge is 0.114 e. The van der Waals surface area contributed by atoms with Gasteiger partial charge in [0.1, 0.15) is 11.0 Å². The third kappa shape index (κ3) is 3.60. The highest BCUT2D eigenvalue weighted by molar-refractivity contribution is 7.25. The fourth-order valence-corrected chi connectivity index (χ4v) is 12.2. The summed E-state index contributed by atoms with van der Waals surface area (Å²) in [6.45, 7) is 14.0. The minimum atomic E-state index is -0.0257. The van der Waals surface area contributed by atoms with Crippen molar-refractivity contribution in [1.29, 1.82) is 0 Å². The first-order valence-corrected chi connectivity index (χ1v) is 18.5. The van der Waals surface area contributed by atoms with Gasteiger partial charge in [0.2, 0.25) is 0 Å². The second kappa shape index (κ2) is 8.83. The Kier molecular flexibility index (Phi) is 5.43. The van der Waals surface area contributed by atoms with E-state index >= 15 is 0 Å². The molecule has 0 fully saturated rings. The monoisotopic (exact) mass is 648 g/mol. The first kappa shape index (κ1) is 26.5. The predicted molar refractivity (Wildman–Crippen MR) is 190 cm³/mol. The molecule has 0 unspecified atom stereocenters. The first-order chi connectivity index (χ1) is 20.6. The van der Waals surface area contributed by atoms with E-state index in [4.69, 9.17) is 8.75 Å². The molecule has 2 aliphatic rings. The van der Waals surface area contributed by atoms with E-state index in [-0.39, 0.29) is 10.8 Å². The van der Waals surface area contributed by atoms with Crippen LogP contribution in [0.4, 0.5) is 0 Å². The highest BCUT2D eigenvalue weighted by atomic mass is 32.1. The van der Waals surface area contributed by atoms with Crippen LogP contribution in [0.15, 0.2) is 60.7 Å². The molecule has 0 amide bonds. The fourth-order valence-electron chi connectivity index (χ4n) is 7.11. The number of thiophene rings is 4.